The van der Waals surface area contributed by atoms with Gasteiger partial charge in [-0.25, -0.2) is 0 Å². The predicted octanol–water partition coefficient (Wildman–Crippen LogP) is 4.37. The molecule has 0 heteroatoms. The molecule has 75 valence electrons. The van der Waals surface area contributed by atoms with Crippen molar-refractivity contribution in [2.24, 2.45) is 0 Å². The van der Waals surface area contributed by atoms with Gasteiger partial charge in [-0.3, -0.25) is 0 Å². The molecular weight excluding hydrogens is 168 g/mol. The summed E-state index contributed by atoms with van der Waals surface area (Å²) in [4.78, 5) is 0. The molecule has 0 atom stereocenters. The molecule has 14 heavy (non-hydrogen) atoms. The van der Waals surface area contributed by atoms with Crippen molar-refractivity contribution >= 4 is 0 Å². The van der Waals surface area contributed by atoms with Gasteiger partial charge in [-0.1, -0.05) is 42.5 Å². The third-order valence-corrected chi connectivity index (χ3v) is 2.19. The van der Waals surface area contributed by atoms with Crippen LogP contribution in [-0.4, -0.2) is 0 Å². The lowest BCUT2D eigenvalue weighted by Gasteiger charge is -1.93. The highest BCUT2D eigenvalue weighted by Gasteiger charge is 1.84. The summed E-state index contributed by atoms with van der Waals surface area (Å²) >= 11 is 0. The maximum absolute atomic E-state index is 3.16. The van der Waals surface area contributed by atoms with Gasteiger partial charge in [0.1, 0.15) is 0 Å². The van der Waals surface area contributed by atoms with Crippen LogP contribution in [0.15, 0.2) is 42.5 Å². The average molecular weight is 187 g/mol. The van der Waals surface area contributed by atoms with E-state index in [0.717, 1.165) is 12.8 Å². The van der Waals surface area contributed by atoms with Crippen LogP contribution in [0.3, 0.4) is 0 Å². The molecule has 0 unspecified atom stereocenters. The van der Waals surface area contributed by atoms with E-state index in [0.29, 0.717) is 0 Å². The molecule has 0 amide bonds. The van der Waals surface area contributed by atoms with E-state index in [1.54, 1.807) is 0 Å². The molecule has 0 aromatic rings. The van der Waals surface area contributed by atoms with Crippen molar-refractivity contribution in [3.63, 3.8) is 0 Å². The Labute approximate surface area is 87.7 Å². The van der Waals surface area contributed by atoms with Crippen molar-refractivity contribution in [3.8, 4) is 0 Å². The van der Waals surface area contributed by atoms with E-state index in [4.69, 9.17) is 0 Å². The second-order valence-electron chi connectivity index (χ2n) is 3.49. The van der Waals surface area contributed by atoms with Crippen LogP contribution < -0.4 is 0 Å². The Morgan fingerprint density at radius 1 is 0.714 bits per heavy atom. The van der Waals surface area contributed by atoms with E-state index in [-0.39, 0.29) is 0 Å². The van der Waals surface area contributed by atoms with Crippen molar-refractivity contribution in [2.45, 2.75) is 38.5 Å². The normalized spacial score (nSPS) is 28.6. The van der Waals surface area contributed by atoms with E-state index >= 15 is 0 Å². The number of hydrogen-bond acceptors (Lipinski definition) is 0. The molecule has 0 bridgehead atoms. The highest BCUT2D eigenvalue weighted by atomic mass is 13.9. The van der Waals surface area contributed by atoms with Crippen LogP contribution in [0.1, 0.15) is 38.5 Å². The van der Waals surface area contributed by atoms with Gasteiger partial charge in [-0.2, -0.15) is 0 Å². The minimum Gasteiger partial charge on any atom is -0.0885 e. The lowest BCUT2D eigenvalue weighted by molar-refractivity contribution is 0.759. The molecule has 1 radical (unpaired) electrons. The van der Waals surface area contributed by atoms with E-state index in [1.165, 1.54) is 25.7 Å². The van der Waals surface area contributed by atoms with Crippen LogP contribution >= 0.6 is 0 Å². The molecule has 1 aliphatic rings. The van der Waals surface area contributed by atoms with Crippen LogP contribution in [0.5, 0.6) is 0 Å². The smallest absolute Gasteiger partial charge is 0.0227 e. The van der Waals surface area contributed by atoms with Gasteiger partial charge in [0.05, 0.1) is 0 Å². The average Bonchev–Trinajstić information content (AvgIpc) is 2.22. The highest BCUT2D eigenvalue weighted by molar-refractivity contribution is 5.07. The molecule has 0 spiro atoms. The molecule has 0 nitrogen and oxygen atoms in total. The SMILES string of the molecule is [C]1=C/CCCC/C=C\CC/C=C/C=C/1. The van der Waals surface area contributed by atoms with Crippen LogP contribution in [0.4, 0.5) is 0 Å². The second-order valence-corrected chi connectivity index (χ2v) is 3.49. The molecule has 0 aliphatic heterocycles. The Kier molecular flexibility index (Phi) is 6.74. The lowest BCUT2D eigenvalue weighted by atomic mass is 10.1. The zero-order chi connectivity index (χ0) is 9.90. The third-order valence-electron chi connectivity index (χ3n) is 2.19. The van der Waals surface area contributed by atoms with Gasteiger partial charge in [0.15, 0.2) is 0 Å². The van der Waals surface area contributed by atoms with Crippen molar-refractivity contribution in [3.05, 3.63) is 48.6 Å². The zero-order valence-corrected chi connectivity index (χ0v) is 8.78. The summed E-state index contributed by atoms with van der Waals surface area (Å²) in [6.45, 7) is 0. The fourth-order valence-corrected chi connectivity index (χ4v) is 1.37. The maximum atomic E-state index is 3.16. The zero-order valence-electron chi connectivity index (χ0n) is 8.78. The van der Waals surface area contributed by atoms with Gasteiger partial charge >= 0.3 is 0 Å². The first kappa shape index (κ1) is 11.0. The maximum Gasteiger partial charge on any atom is -0.0227 e. The molecule has 1 aliphatic carbocycles. The number of hydrogen-bond donors (Lipinski definition) is 0. The summed E-state index contributed by atoms with van der Waals surface area (Å²) in [6, 6.07) is 0. The Balaban J connectivity index is 2.35. The summed E-state index contributed by atoms with van der Waals surface area (Å²) in [5.74, 6) is 0. The molecule has 0 saturated heterocycles. The first-order valence-electron chi connectivity index (χ1n) is 5.54. The molecule has 1 rings (SSSR count). The largest absolute Gasteiger partial charge is 0.0885 e. The molecule has 0 aromatic heterocycles. The molecule has 0 heterocycles. The van der Waals surface area contributed by atoms with Gasteiger partial charge in [0.2, 0.25) is 0 Å². The number of allylic oxidation sites excluding steroid dienone is 8. The van der Waals surface area contributed by atoms with Crippen molar-refractivity contribution < 1.29 is 0 Å². The standard InChI is InChI=1S/C14H19/c1-2-4-6-8-10-12-14-13-11-9-7-5-3-1/h1-4,8-9,11H,5,7,10,12-14H2/b3-1+,4-2+,8-6?,11-9-. The van der Waals surface area contributed by atoms with Gasteiger partial charge in [-0.05, 0) is 44.6 Å². The Morgan fingerprint density at radius 3 is 2.50 bits per heavy atom. The minimum absolute atomic E-state index is 1.14. The van der Waals surface area contributed by atoms with Crippen LogP contribution in [0.25, 0.3) is 0 Å². The summed E-state index contributed by atoms with van der Waals surface area (Å²) in [5, 5.41) is 0. The topological polar surface area (TPSA) is 0 Å². The lowest BCUT2D eigenvalue weighted by Crippen LogP contribution is -1.73. The fourth-order valence-electron chi connectivity index (χ4n) is 1.37. The first-order valence-corrected chi connectivity index (χ1v) is 5.54. The van der Waals surface area contributed by atoms with E-state index < -0.39 is 0 Å². The van der Waals surface area contributed by atoms with Crippen molar-refractivity contribution in [1.82, 2.24) is 0 Å². The fraction of sp³-hybridized carbons (Fsp3) is 0.429. The molecule has 0 aromatic carbocycles. The predicted molar refractivity (Wildman–Crippen MR) is 62.9 cm³/mol. The minimum atomic E-state index is 1.14. The Hall–Kier alpha value is -1.04. The molecule has 0 fully saturated rings. The van der Waals surface area contributed by atoms with E-state index in [1.807, 2.05) is 12.2 Å². The van der Waals surface area contributed by atoms with E-state index in [2.05, 4.69) is 36.5 Å². The molecule has 0 saturated carbocycles. The third kappa shape index (κ3) is 6.47. The quantitative estimate of drug-likeness (QED) is 0.494. The van der Waals surface area contributed by atoms with Crippen molar-refractivity contribution in [1.29, 1.82) is 0 Å². The molecule has 0 N–H and O–H groups in total. The first-order chi connectivity index (χ1) is 7.00. The summed E-state index contributed by atoms with van der Waals surface area (Å²) in [5.41, 5.74) is 0. The highest BCUT2D eigenvalue weighted by Crippen LogP contribution is 2.03. The summed E-state index contributed by atoms with van der Waals surface area (Å²) in [6.07, 6.45) is 25.5. The van der Waals surface area contributed by atoms with Crippen LogP contribution in [-0.2, 0) is 0 Å². The summed E-state index contributed by atoms with van der Waals surface area (Å²) < 4.78 is 0. The monoisotopic (exact) mass is 187 g/mol. The van der Waals surface area contributed by atoms with Gasteiger partial charge in [0, 0.05) is 0 Å². The van der Waals surface area contributed by atoms with Gasteiger partial charge in [0.25, 0.3) is 0 Å². The van der Waals surface area contributed by atoms with Crippen LogP contribution in [0, 0.1) is 6.08 Å². The number of rotatable bonds is 0. The Morgan fingerprint density at radius 2 is 1.50 bits per heavy atom. The van der Waals surface area contributed by atoms with Crippen LogP contribution in [0.2, 0.25) is 0 Å². The summed E-state index contributed by atoms with van der Waals surface area (Å²) in [7, 11) is 0. The second kappa shape index (κ2) is 8.55. The van der Waals surface area contributed by atoms with Gasteiger partial charge in [-0.15, -0.1) is 0 Å². The van der Waals surface area contributed by atoms with E-state index in [9.17, 15) is 0 Å². The Bertz CT molecular complexity index is 228. The van der Waals surface area contributed by atoms with Gasteiger partial charge < -0.3 is 0 Å². The van der Waals surface area contributed by atoms with Crippen molar-refractivity contribution in [2.75, 3.05) is 0 Å². The molecular formula is C14H19.